The van der Waals surface area contributed by atoms with Crippen LogP contribution in [-0.2, 0) is 42.2 Å². The number of nitrogens with one attached hydrogen (secondary N) is 1. The molecule has 0 rings (SSSR count). The van der Waals surface area contributed by atoms with Crippen LogP contribution in [-0.4, -0.2) is 75.2 Å². The summed E-state index contributed by atoms with van der Waals surface area (Å²) in [6.45, 7) is 10.7. The minimum absolute atomic E-state index is 0.132. The Labute approximate surface area is 381 Å². The van der Waals surface area contributed by atoms with Gasteiger partial charge in [-0.05, 0) is 25.2 Å². The van der Waals surface area contributed by atoms with Crippen molar-refractivity contribution in [3.05, 3.63) is 0 Å². The maximum absolute atomic E-state index is 12.8. The number of carbonyl (C=O) groups excluding carboxylic acids is 3. The van der Waals surface area contributed by atoms with Gasteiger partial charge >= 0.3 is 19.8 Å². The number of phosphoric ester groups is 1. The predicted octanol–water partition coefficient (Wildman–Crippen LogP) is 13.2. The fourth-order valence-corrected chi connectivity index (χ4v) is 7.80. The Balaban J connectivity index is 4.62. The van der Waals surface area contributed by atoms with Gasteiger partial charge in [0.2, 0.25) is 5.91 Å². The molecule has 62 heavy (non-hydrogen) atoms. The van der Waals surface area contributed by atoms with Crippen molar-refractivity contribution in [3.63, 3.8) is 0 Å². The molecule has 0 spiro atoms. The number of ether oxygens (including phenoxy) is 3. The van der Waals surface area contributed by atoms with Gasteiger partial charge in [0, 0.05) is 19.4 Å². The first kappa shape index (κ1) is 60.5. The van der Waals surface area contributed by atoms with E-state index in [1.165, 1.54) is 148 Å². The Hall–Kier alpha value is -1.46. The highest BCUT2D eigenvalue weighted by molar-refractivity contribution is 7.47. The lowest BCUT2D eigenvalue weighted by atomic mass is 9.82. The second kappa shape index (κ2) is 39.9. The smallest absolute Gasteiger partial charge is 0.462 e. The molecule has 0 aromatic carbocycles. The van der Waals surface area contributed by atoms with Crippen molar-refractivity contribution in [3.8, 4) is 0 Å². The molecule has 0 saturated heterocycles. The summed E-state index contributed by atoms with van der Waals surface area (Å²) in [5.41, 5.74) is -1.80. The average Bonchev–Trinajstić information content (AvgIpc) is 3.22. The van der Waals surface area contributed by atoms with Crippen LogP contribution in [0.4, 0.5) is 0 Å². The van der Waals surface area contributed by atoms with Gasteiger partial charge in [0.15, 0.2) is 6.10 Å². The van der Waals surface area contributed by atoms with Crippen molar-refractivity contribution in [1.29, 1.82) is 0 Å². The minimum atomic E-state index is -4.62. The van der Waals surface area contributed by atoms with Crippen LogP contribution in [0.2, 0.25) is 0 Å². The SMILES string of the molecule is [B]C(C)(OCC(C)(C)C)C(=O)NCCOP(=O)(O)OC[C@@H](COC(=O)CCCCCCCCCCCCCCCCC)OC(=O)CCCCCCCCCCCCCCCCC. The summed E-state index contributed by atoms with van der Waals surface area (Å²) in [5.74, 6) is -1.51. The highest BCUT2D eigenvalue weighted by atomic mass is 31.2. The molecule has 0 aromatic heterocycles. The first-order chi connectivity index (χ1) is 29.6. The monoisotopic (exact) mass is 900 g/mol. The van der Waals surface area contributed by atoms with E-state index >= 15 is 0 Å². The van der Waals surface area contributed by atoms with Crippen LogP contribution < -0.4 is 5.32 Å². The Morgan fingerprint density at radius 3 is 1.32 bits per heavy atom. The molecule has 2 N–H and O–H groups in total. The largest absolute Gasteiger partial charge is 0.472 e. The Bertz CT molecular complexity index is 1130. The van der Waals surface area contributed by atoms with E-state index in [4.69, 9.17) is 31.1 Å². The van der Waals surface area contributed by atoms with Gasteiger partial charge in [-0.15, -0.1) is 0 Å². The number of unbranched alkanes of at least 4 members (excludes halogenated alkanes) is 28. The number of phosphoric acid groups is 1. The van der Waals surface area contributed by atoms with Crippen molar-refractivity contribution in [1.82, 2.24) is 5.32 Å². The van der Waals surface area contributed by atoms with Gasteiger partial charge in [-0.1, -0.05) is 214 Å². The lowest BCUT2D eigenvalue weighted by Crippen LogP contribution is -2.49. The molecular formula is C49H95BNO10P. The fourth-order valence-electron chi connectivity index (χ4n) is 7.05. The van der Waals surface area contributed by atoms with E-state index in [1.54, 1.807) is 0 Å². The third-order valence-electron chi connectivity index (χ3n) is 11.0. The van der Waals surface area contributed by atoms with Gasteiger partial charge in [-0.2, -0.15) is 0 Å². The molecule has 2 unspecified atom stereocenters. The van der Waals surface area contributed by atoms with E-state index in [1.807, 2.05) is 20.8 Å². The molecule has 0 aliphatic carbocycles. The first-order valence-corrected chi connectivity index (χ1v) is 26.8. The summed E-state index contributed by atoms with van der Waals surface area (Å²) in [5, 5.41) is 2.53. The van der Waals surface area contributed by atoms with E-state index < -0.39 is 43.9 Å². The molecule has 0 fully saturated rings. The fraction of sp³-hybridized carbons (Fsp3) is 0.939. The predicted molar refractivity (Wildman–Crippen MR) is 254 cm³/mol. The summed E-state index contributed by atoms with van der Waals surface area (Å²) in [6.07, 6.45) is 36.1. The molecular weight excluding hydrogens is 804 g/mol. The Morgan fingerprint density at radius 1 is 0.565 bits per heavy atom. The molecule has 0 aliphatic rings. The normalized spacial score (nSPS) is 14.2. The van der Waals surface area contributed by atoms with Gasteiger partial charge in [0.1, 0.15) is 20.0 Å². The quantitative estimate of drug-likeness (QED) is 0.0262. The molecule has 0 saturated carbocycles. The van der Waals surface area contributed by atoms with Crippen LogP contribution >= 0.6 is 7.82 Å². The molecule has 3 atom stereocenters. The molecule has 11 nitrogen and oxygen atoms in total. The highest BCUT2D eigenvalue weighted by Gasteiger charge is 2.30. The van der Waals surface area contributed by atoms with Crippen LogP contribution in [0, 0.1) is 5.41 Å². The molecule has 2 radical (unpaired) electrons. The molecule has 0 aromatic rings. The number of hydrogen-bond donors (Lipinski definition) is 2. The van der Waals surface area contributed by atoms with E-state index in [-0.39, 0.29) is 44.6 Å². The zero-order chi connectivity index (χ0) is 46.2. The molecule has 0 heterocycles. The van der Waals surface area contributed by atoms with Crippen LogP contribution in [0.5, 0.6) is 0 Å². The number of amides is 1. The second-order valence-electron chi connectivity index (χ2n) is 19.0. The van der Waals surface area contributed by atoms with E-state index in [2.05, 4.69) is 19.2 Å². The average molecular weight is 900 g/mol. The molecule has 364 valence electrons. The molecule has 1 amide bonds. The van der Waals surface area contributed by atoms with Crippen LogP contribution in [0.15, 0.2) is 0 Å². The topological polar surface area (TPSA) is 147 Å². The third-order valence-corrected chi connectivity index (χ3v) is 12.0. The number of esters is 2. The zero-order valence-corrected chi connectivity index (χ0v) is 41.8. The lowest BCUT2D eigenvalue weighted by molar-refractivity contribution is -0.161. The summed E-state index contributed by atoms with van der Waals surface area (Å²) < 4.78 is 39.4. The van der Waals surface area contributed by atoms with Gasteiger partial charge in [-0.3, -0.25) is 23.4 Å². The molecule has 0 aliphatic heterocycles. The summed E-state index contributed by atoms with van der Waals surface area (Å²) in [7, 11) is 1.38. The zero-order valence-electron chi connectivity index (χ0n) is 40.9. The number of hydrogen-bond acceptors (Lipinski definition) is 9. The molecule has 0 bridgehead atoms. The Morgan fingerprint density at radius 2 is 0.935 bits per heavy atom. The van der Waals surface area contributed by atoms with Crippen LogP contribution in [0.3, 0.4) is 0 Å². The van der Waals surface area contributed by atoms with Gasteiger partial charge < -0.3 is 24.4 Å². The van der Waals surface area contributed by atoms with Gasteiger partial charge in [0.05, 0.1) is 19.8 Å². The molecule has 13 heteroatoms. The van der Waals surface area contributed by atoms with Crippen LogP contribution in [0.1, 0.15) is 247 Å². The van der Waals surface area contributed by atoms with Crippen molar-refractivity contribution < 1.29 is 47.1 Å². The Kier molecular flexibility index (Phi) is 38.9. The maximum Gasteiger partial charge on any atom is 0.472 e. The van der Waals surface area contributed by atoms with Gasteiger partial charge in [0.25, 0.3) is 0 Å². The standard InChI is InChI=1S/C49H95BNO10P/c1-7-9-11-13-15-17-19-21-23-25-27-29-31-33-35-37-45(52)57-41-44(42-60-62(55,56)59-40-39-51-47(54)49(6,50)58-43-48(3,4)5)61-46(53)38-36-34-32-30-28-26-24-22-20-18-16-14-12-10-8-2/h44H,7-43H2,1-6H3,(H,51,54)(H,55,56)/t44-,49?/m1/s1. The van der Waals surface area contributed by atoms with Crippen molar-refractivity contribution in [2.24, 2.45) is 5.41 Å². The van der Waals surface area contributed by atoms with Crippen molar-refractivity contribution in [2.75, 3.05) is 33.0 Å². The second-order valence-corrected chi connectivity index (χ2v) is 20.5. The third kappa shape index (κ3) is 41.3. The van der Waals surface area contributed by atoms with Crippen molar-refractivity contribution >= 4 is 33.5 Å². The minimum Gasteiger partial charge on any atom is -0.462 e. The number of rotatable bonds is 45. The highest BCUT2D eigenvalue weighted by Crippen LogP contribution is 2.43. The van der Waals surface area contributed by atoms with Crippen molar-refractivity contribution in [2.45, 2.75) is 259 Å². The van der Waals surface area contributed by atoms with E-state index in [0.717, 1.165) is 38.5 Å². The first-order valence-electron chi connectivity index (χ1n) is 25.3. The van der Waals surface area contributed by atoms with E-state index in [9.17, 15) is 23.8 Å². The number of carbonyl (C=O) groups is 3. The summed E-state index contributed by atoms with van der Waals surface area (Å²) >= 11 is 0. The maximum atomic E-state index is 12.8. The van der Waals surface area contributed by atoms with Gasteiger partial charge in [-0.25, -0.2) is 4.57 Å². The lowest BCUT2D eigenvalue weighted by Gasteiger charge is -2.29. The van der Waals surface area contributed by atoms with E-state index in [0.29, 0.717) is 12.8 Å². The summed E-state index contributed by atoms with van der Waals surface area (Å²) in [4.78, 5) is 48.2. The summed E-state index contributed by atoms with van der Waals surface area (Å²) in [6, 6.07) is 0. The van der Waals surface area contributed by atoms with Crippen LogP contribution in [0.25, 0.3) is 0 Å².